The number of morpholine rings is 1. The van der Waals surface area contributed by atoms with Gasteiger partial charge in [0.05, 0.1) is 18.1 Å². The van der Waals surface area contributed by atoms with E-state index in [0.717, 1.165) is 13.1 Å². The van der Waals surface area contributed by atoms with E-state index in [-0.39, 0.29) is 11.6 Å². The lowest BCUT2D eigenvalue weighted by molar-refractivity contribution is -0.899. The van der Waals surface area contributed by atoms with E-state index in [9.17, 15) is 14.9 Å². The third-order valence-electron chi connectivity index (χ3n) is 2.97. The number of nitrogens with one attached hydrogen (secondary N) is 2. The summed E-state index contributed by atoms with van der Waals surface area (Å²) >= 11 is 0. The molecule has 0 radical (unpaired) electrons. The maximum atomic E-state index is 11.8. The van der Waals surface area contributed by atoms with Crippen LogP contribution in [0.15, 0.2) is 24.3 Å². The topological polar surface area (TPSA) is 85.9 Å². The third kappa shape index (κ3) is 4.01. The van der Waals surface area contributed by atoms with Gasteiger partial charge in [-0.2, -0.15) is 0 Å². The highest BCUT2D eigenvalue weighted by atomic mass is 16.6. The van der Waals surface area contributed by atoms with E-state index in [1.165, 1.54) is 29.2 Å². The first kappa shape index (κ1) is 13.4. The summed E-state index contributed by atoms with van der Waals surface area (Å²) in [5.41, 5.74) is 0.583. The Morgan fingerprint density at radius 1 is 1.32 bits per heavy atom. The number of benzene rings is 1. The molecule has 0 aliphatic carbocycles. The van der Waals surface area contributed by atoms with Crippen LogP contribution in [0.1, 0.15) is 0 Å². The van der Waals surface area contributed by atoms with Crippen molar-refractivity contribution in [3.05, 3.63) is 34.4 Å². The Hall–Kier alpha value is -1.99. The van der Waals surface area contributed by atoms with Crippen molar-refractivity contribution in [3.63, 3.8) is 0 Å². The smallest absolute Gasteiger partial charge is 0.279 e. The number of ether oxygens (including phenoxy) is 1. The van der Waals surface area contributed by atoms with E-state index in [1.807, 2.05) is 0 Å². The number of carbonyl (C=O) groups is 1. The maximum Gasteiger partial charge on any atom is 0.279 e. The molecular formula is C12H16N3O4+. The van der Waals surface area contributed by atoms with Crippen LogP contribution in [-0.2, 0) is 9.53 Å². The molecule has 102 valence electrons. The average molecular weight is 266 g/mol. The number of amides is 1. The number of quaternary nitrogens is 1. The van der Waals surface area contributed by atoms with Crippen LogP contribution in [0.2, 0.25) is 0 Å². The monoisotopic (exact) mass is 266 g/mol. The summed E-state index contributed by atoms with van der Waals surface area (Å²) in [7, 11) is 0. The van der Waals surface area contributed by atoms with E-state index in [0.29, 0.717) is 25.4 Å². The lowest BCUT2D eigenvalue weighted by Gasteiger charge is -2.23. The van der Waals surface area contributed by atoms with E-state index in [4.69, 9.17) is 4.74 Å². The number of nitro groups is 1. The molecule has 2 N–H and O–H groups in total. The normalized spacial score (nSPS) is 16.0. The molecule has 0 unspecified atom stereocenters. The van der Waals surface area contributed by atoms with Crippen LogP contribution in [0.5, 0.6) is 0 Å². The molecular weight excluding hydrogens is 250 g/mol. The molecule has 7 nitrogen and oxygen atoms in total. The molecule has 1 saturated heterocycles. The molecule has 1 fully saturated rings. The predicted octanol–water partition coefficient (Wildman–Crippen LogP) is -0.552. The second-order valence-electron chi connectivity index (χ2n) is 4.39. The number of nitro benzene ring substituents is 1. The van der Waals surface area contributed by atoms with Crippen LogP contribution >= 0.6 is 0 Å². The molecule has 1 amide bonds. The van der Waals surface area contributed by atoms with Crippen LogP contribution in [0.3, 0.4) is 0 Å². The number of hydrogen-bond acceptors (Lipinski definition) is 4. The van der Waals surface area contributed by atoms with Crippen molar-refractivity contribution in [3.8, 4) is 0 Å². The molecule has 0 saturated carbocycles. The highest BCUT2D eigenvalue weighted by Gasteiger charge is 2.17. The quantitative estimate of drug-likeness (QED) is 0.565. The largest absolute Gasteiger partial charge is 0.370 e. The number of anilines is 1. The van der Waals surface area contributed by atoms with E-state index in [1.54, 1.807) is 0 Å². The zero-order valence-electron chi connectivity index (χ0n) is 10.4. The van der Waals surface area contributed by atoms with Gasteiger partial charge in [0.25, 0.3) is 11.6 Å². The van der Waals surface area contributed by atoms with Gasteiger partial charge in [0.2, 0.25) is 0 Å². The summed E-state index contributed by atoms with van der Waals surface area (Å²) < 4.78 is 5.22. The van der Waals surface area contributed by atoms with E-state index in [2.05, 4.69) is 5.32 Å². The van der Waals surface area contributed by atoms with Crippen LogP contribution in [0.25, 0.3) is 0 Å². The Bertz CT molecular complexity index is 455. The standard InChI is InChI=1S/C12H15N3O4/c16-12(9-14-5-7-19-8-6-14)13-10-1-3-11(4-2-10)15(17)18/h1-4H,5-9H2,(H,13,16)/p+1. The molecule has 1 aromatic carbocycles. The Labute approximate surface area is 110 Å². The molecule has 0 bridgehead atoms. The summed E-state index contributed by atoms with van der Waals surface area (Å²) in [6.07, 6.45) is 0. The van der Waals surface area contributed by atoms with Crippen LogP contribution < -0.4 is 10.2 Å². The first-order valence-corrected chi connectivity index (χ1v) is 6.11. The van der Waals surface area contributed by atoms with Gasteiger partial charge >= 0.3 is 0 Å². The highest BCUT2D eigenvalue weighted by molar-refractivity contribution is 5.91. The summed E-state index contributed by atoms with van der Waals surface area (Å²) in [6, 6.07) is 5.81. The molecule has 1 heterocycles. The van der Waals surface area contributed by atoms with Crippen molar-refractivity contribution in [1.29, 1.82) is 0 Å². The van der Waals surface area contributed by atoms with Crippen LogP contribution in [0, 0.1) is 10.1 Å². The summed E-state index contributed by atoms with van der Waals surface area (Å²) in [5, 5.41) is 13.2. The molecule has 1 aliphatic rings. The van der Waals surface area contributed by atoms with Crippen LogP contribution in [0.4, 0.5) is 11.4 Å². The first-order chi connectivity index (χ1) is 9.15. The van der Waals surface area contributed by atoms with Gasteiger partial charge in [-0.15, -0.1) is 0 Å². The SMILES string of the molecule is O=C(C[NH+]1CCOCC1)Nc1ccc([N+](=O)[O-])cc1. The fraction of sp³-hybridized carbons (Fsp3) is 0.417. The van der Waals surface area contributed by atoms with Crippen molar-refractivity contribution in [2.75, 3.05) is 38.2 Å². The Morgan fingerprint density at radius 2 is 1.95 bits per heavy atom. The molecule has 19 heavy (non-hydrogen) atoms. The zero-order valence-corrected chi connectivity index (χ0v) is 10.4. The van der Waals surface area contributed by atoms with Gasteiger partial charge in [0.1, 0.15) is 13.1 Å². The molecule has 0 spiro atoms. The van der Waals surface area contributed by atoms with Crippen LogP contribution in [-0.4, -0.2) is 43.7 Å². The Kier molecular flexibility index (Phi) is 4.43. The summed E-state index contributed by atoms with van der Waals surface area (Å²) in [5.74, 6) is -0.0919. The minimum atomic E-state index is -0.469. The average Bonchev–Trinajstić information content (AvgIpc) is 2.40. The van der Waals surface area contributed by atoms with Crippen molar-refractivity contribution in [2.45, 2.75) is 0 Å². The molecule has 7 heteroatoms. The first-order valence-electron chi connectivity index (χ1n) is 6.11. The van der Waals surface area contributed by atoms with Gasteiger partial charge in [0, 0.05) is 17.8 Å². The lowest BCUT2D eigenvalue weighted by atomic mass is 10.3. The van der Waals surface area contributed by atoms with E-state index >= 15 is 0 Å². The number of non-ortho nitro benzene ring substituents is 1. The summed E-state index contributed by atoms with van der Waals surface area (Å²) in [6.45, 7) is 3.40. The molecule has 0 aromatic heterocycles. The fourth-order valence-corrected chi connectivity index (χ4v) is 1.94. The second kappa shape index (κ2) is 6.26. The molecule has 1 aromatic rings. The molecule has 1 aliphatic heterocycles. The number of rotatable bonds is 4. The zero-order chi connectivity index (χ0) is 13.7. The lowest BCUT2D eigenvalue weighted by Crippen LogP contribution is -3.15. The van der Waals surface area contributed by atoms with Gasteiger partial charge in [-0.05, 0) is 12.1 Å². The van der Waals surface area contributed by atoms with Crippen molar-refractivity contribution in [2.24, 2.45) is 0 Å². The highest BCUT2D eigenvalue weighted by Crippen LogP contribution is 2.14. The maximum absolute atomic E-state index is 11.8. The van der Waals surface area contributed by atoms with E-state index < -0.39 is 4.92 Å². The number of hydrogen-bond donors (Lipinski definition) is 2. The second-order valence-corrected chi connectivity index (χ2v) is 4.39. The van der Waals surface area contributed by atoms with Gasteiger partial charge in [0.15, 0.2) is 6.54 Å². The minimum absolute atomic E-state index is 0.0109. The number of carbonyl (C=O) groups excluding carboxylic acids is 1. The molecule has 2 rings (SSSR count). The van der Waals surface area contributed by atoms with Crippen molar-refractivity contribution >= 4 is 17.3 Å². The molecule has 0 atom stereocenters. The minimum Gasteiger partial charge on any atom is -0.370 e. The third-order valence-corrected chi connectivity index (χ3v) is 2.97. The van der Waals surface area contributed by atoms with Crippen molar-refractivity contribution < 1.29 is 19.4 Å². The van der Waals surface area contributed by atoms with Gasteiger partial charge in [-0.3, -0.25) is 14.9 Å². The predicted molar refractivity (Wildman–Crippen MR) is 68.1 cm³/mol. The van der Waals surface area contributed by atoms with Gasteiger partial charge in [-0.25, -0.2) is 0 Å². The Morgan fingerprint density at radius 3 is 2.53 bits per heavy atom. The summed E-state index contributed by atoms with van der Waals surface area (Å²) in [4.78, 5) is 23.0. The van der Waals surface area contributed by atoms with Gasteiger partial charge < -0.3 is 15.0 Å². The van der Waals surface area contributed by atoms with Crippen molar-refractivity contribution in [1.82, 2.24) is 0 Å². The number of nitrogens with zero attached hydrogens (tertiary/aromatic N) is 1. The Balaban J connectivity index is 1.85. The fourth-order valence-electron chi connectivity index (χ4n) is 1.94. The van der Waals surface area contributed by atoms with Gasteiger partial charge in [-0.1, -0.05) is 0 Å².